The van der Waals surface area contributed by atoms with Crippen molar-refractivity contribution in [3.63, 3.8) is 0 Å². The van der Waals surface area contributed by atoms with Gasteiger partial charge in [0.15, 0.2) is 0 Å². The molecule has 0 saturated carbocycles. The van der Waals surface area contributed by atoms with Gasteiger partial charge < -0.3 is 9.88 Å². The van der Waals surface area contributed by atoms with Crippen LogP contribution in [0.25, 0.3) is 0 Å². The standard InChI is InChI=1S/C15H19ClN2/c1-18-9-7-14(12-18)11-17-8-3-5-13-4-2-6-15(16)10-13/h2,4,6-7,9-10,12,17H,3,5,8,11H2,1H3. The highest BCUT2D eigenvalue weighted by molar-refractivity contribution is 6.30. The van der Waals surface area contributed by atoms with Crippen LogP contribution < -0.4 is 5.32 Å². The van der Waals surface area contributed by atoms with E-state index >= 15 is 0 Å². The van der Waals surface area contributed by atoms with Crippen LogP contribution >= 0.6 is 11.6 Å². The van der Waals surface area contributed by atoms with Crippen LogP contribution in [0.15, 0.2) is 42.7 Å². The first-order chi connectivity index (χ1) is 8.74. The van der Waals surface area contributed by atoms with Crippen molar-refractivity contribution in [2.45, 2.75) is 19.4 Å². The molecule has 0 aliphatic rings. The van der Waals surface area contributed by atoms with Crippen molar-refractivity contribution in [2.75, 3.05) is 6.54 Å². The number of benzene rings is 1. The quantitative estimate of drug-likeness (QED) is 0.790. The zero-order valence-electron chi connectivity index (χ0n) is 10.7. The van der Waals surface area contributed by atoms with E-state index in [2.05, 4.69) is 34.4 Å². The lowest BCUT2D eigenvalue weighted by atomic mass is 10.1. The van der Waals surface area contributed by atoms with Gasteiger partial charge in [-0.1, -0.05) is 23.7 Å². The molecule has 2 aromatic rings. The molecule has 18 heavy (non-hydrogen) atoms. The maximum absolute atomic E-state index is 5.95. The molecule has 1 aromatic carbocycles. The SMILES string of the molecule is Cn1ccc(CNCCCc2cccc(Cl)c2)c1. The smallest absolute Gasteiger partial charge is 0.0408 e. The number of rotatable bonds is 6. The van der Waals surface area contributed by atoms with Crippen molar-refractivity contribution >= 4 is 11.6 Å². The first-order valence-corrected chi connectivity index (χ1v) is 6.68. The summed E-state index contributed by atoms with van der Waals surface area (Å²) in [5.74, 6) is 0. The fourth-order valence-corrected chi connectivity index (χ4v) is 2.22. The van der Waals surface area contributed by atoms with Crippen LogP contribution in [-0.2, 0) is 20.0 Å². The van der Waals surface area contributed by atoms with E-state index in [-0.39, 0.29) is 0 Å². The van der Waals surface area contributed by atoms with E-state index in [0.717, 1.165) is 31.0 Å². The first-order valence-electron chi connectivity index (χ1n) is 6.30. The Morgan fingerprint density at radius 3 is 2.83 bits per heavy atom. The summed E-state index contributed by atoms with van der Waals surface area (Å²) in [7, 11) is 2.04. The Kier molecular flexibility index (Phi) is 4.85. The van der Waals surface area contributed by atoms with E-state index in [1.807, 2.05) is 25.2 Å². The van der Waals surface area contributed by atoms with E-state index < -0.39 is 0 Å². The van der Waals surface area contributed by atoms with Crippen LogP contribution in [0.3, 0.4) is 0 Å². The summed E-state index contributed by atoms with van der Waals surface area (Å²) in [5.41, 5.74) is 2.64. The minimum Gasteiger partial charge on any atom is -0.357 e. The maximum Gasteiger partial charge on any atom is 0.0408 e. The second-order valence-corrected chi connectivity index (χ2v) is 5.03. The lowest BCUT2D eigenvalue weighted by Crippen LogP contribution is -2.14. The topological polar surface area (TPSA) is 17.0 Å². The minimum absolute atomic E-state index is 0.824. The van der Waals surface area contributed by atoms with Gasteiger partial charge in [-0.05, 0) is 48.7 Å². The van der Waals surface area contributed by atoms with Crippen LogP contribution in [0.4, 0.5) is 0 Å². The van der Waals surface area contributed by atoms with Gasteiger partial charge in [-0.2, -0.15) is 0 Å². The van der Waals surface area contributed by atoms with E-state index in [0.29, 0.717) is 0 Å². The normalized spacial score (nSPS) is 10.8. The Hall–Kier alpha value is -1.25. The summed E-state index contributed by atoms with van der Waals surface area (Å²) in [4.78, 5) is 0. The maximum atomic E-state index is 5.95. The molecule has 3 heteroatoms. The molecule has 0 radical (unpaired) electrons. The molecule has 0 aliphatic carbocycles. The summed E-state index contributed by atoms with van der Waals surface area (Å²) in [6.07, 6.45) is 6.42. The van der Waals surface area contributed by atoms with Crippen molar-refractivity contribution in [1.82, 2.24) is 9.88 Å². The number of nitrogens with zero attached hydrogens (tertiary/aromatic N) is 1. The second kappa shape index (κ2) is 6.62. The van der Waals surface area contributed by atoms with Crippen LogP contribution in [0.5, 0.6) is 0 Å². The number of hydrogen-bond donors (Lipinski definition) is 1. The average Bonchev–Trinajstić information content (AvgIpc) is 2.75. The highest BCUT2D eigenvalue weighted by atomic mass is 35.5. The van der Waals surface area contributed by atoms with Gasteiger partial charge in [0.2, 0.25) is 0 Å². The third-order valence-electron chi connectivity index (χ3n) is 2.93. The molecule has 96 valence electrons. The molecule has 1 N–H and O–H groups in total. The third-order valence-corrected chi connectivity index (χ3v) is 3.17. The number of nitrogens with one attached hydrogen (secondary N) is 1. The number of hydrogen-bond acceptors (Lipinski definition) is 1. The molecule has 0 unspecified atom stereocenters. The monoisotopic (exact) mass is 262 g/mol. The zero-order valence-corrected chi connectivity index (χ0v) is 11.5. The summed E-state index contributed by atoms with van der Waals surface area (Å²) >= 11 is 5.95. The fourth-order valence-electron chi connectivity index (χ4n) is 2.01. The van der Waals surface area contributed by atoms with Gasteiger partial charge in [0.1, 0.15) is 0 Å². The van der Waals surface area contributed by atoms with Crippen LogP contribution in [0.1, 0.15) is 17.5 Å². The molecule has 0 spiro atoms. The Balaban J connectivity index is 1.64. The molecule has 1 heterocycles. The van der Waals surface area contributed by atoms with Crippen molar-refractivity contribution < 1.29 is 0 Å². The van der Waals surface area contributed by atoms with Crippen molar-refractivity contribution in [3.05, 3.63) is 58.9 Å². The summed E-state index contributed by atoms with van der Waals surface area (Å²) in [5, 5.41) is 4.28. The molecule has 0 amide bonds. The van der Waals surface area contributed by atoms with Gasteiger partial charge in [-0.3, -0.25) is 0 Å². The van der Waals surface area contributed by atoms with Crippen molar-refractivity contribution in [1.29, 1.82) is 0 Å². The first kappa shape index (κ1) is 13.2. The van der Waals surface area contributed by atoms with E-state index in [9.17, 15) is 0 Å². The highest BCUT2D eigenvalue weighted by Gasteiger charge is 1.96. The number of aryl methyl sites for hydroxylation is 2. The lowest BCUT2D eigenvalue weighted by molar-refractivity contribution is 0.649. The van der Waals surface area contributed by atoms with Gasteiger partial charge in [-0.25, -0.2) is 0 Å². The molecule has 0 bridgehead atoms. The van der Waals surface area contributed by atoms with Crippen molar-refractivity contribution in [3.8, 4) is 0 Å². The van der Waals surface area contributed by atoms with Gasteiger partial charge >= 0.3 is 0 Å². The Morgan fingerprint density at radius 1 is 1.22 bits per heavy atom. The predicted octanol–water partition coefficient (Wildman–Crippen LogP) is 3.40. The van der Waals surface area contributed by atoms with Gasteiger partial charge in [0.25, 0.3) is 0 Å². The van der Waals surface area contributed by atoms with Crippen LogP contribution in [-0.4, -0.2) is 11.1 Å². The minimum atomic E-state index is 0.824. The second-order valence-electron chi connectivity index (χ2n) is 4.60. The van der Waals surface area contributed by atoms with E-state index in [4.69, 9.17) is 11.6 Å². The fraction of sp³-hybridized carbons (Fsp3) is 0.333. The summed E-state index contributed by atoms with van der Waals surface area (Å²) in [6.45, 7) is 1.97. The Morgan fingerprint density at radius 2 is 2.11 bits per heavy atom. The molecule has 2 rings (SSSR count). The molecule has 0 fully saturated rings. The number of aromatic nitrogens is 1. The van der Waals surface area contributed by atoms with Crippen molar-refractivity contribution in [2.24, 2.45) is 7.05 Å². The van der Waals surface area contributed by atoms with Gasteiger partial charge in [0, 0.05) is 31.0 Å². The van der Waals surface area contributed by atoms with E-state index in [1.165, 1.54) is 11.1 Å². The highest BCUT2D eigenvalue weighted by Crippen LogP contribution is 2.11. The summed E-state index contributed by atoms with van der Waals surface area (Å²) < 4.78 is 2.07. The summed E-state index contributed by atoms with van der Waals surface area (Å²) in [6, 6.07) is 10.2. The largest absolute Gasteiger partial charge is 0.357 e. The predicted molar refractivity (Wildman–Crippen MR) is 76.9 cm³/mol. The molecule has 0 saturated heterocycles. The molecule has 1 aromatic heterocycles. The van der Waals surface area contributed by atoms with Crippen LogP contribution in [0, 0.1) is 0 Å². The molecule has 2 nitrogen and oxygen atoms in total. The third kappa shape index (κ3) is 4.21. The zero-order chi connectivity index (χ0) is 12.8. The molecular formula is C15H19ClN2. The molecule has 0 atom stereocenters. The van der Waals surface area contributed by atoms with E-state index in [1.54, 1.807) is 0 Å². The lowest BCUT2D eigenvalue weighted by Gasteiger charge is -2.04. The molecule has 0 aliphatic heterocycles. The Labute approximate surface area is 114 Å². The van der Waals surface area contributed by atoms with Crippen LogP contribution in [0.2, 0.25) is 5.02 Å². The average molecular weight is 263 g/mol. The Bertz CT molecular complexity index is 491. The van der Waals surface area contributed by atoms with Gasteiger partial charge in [-0.15, -0.1) is 0 Å². The van der Waals surface area contributed by atoms with Gasteiger partial charge in [0.05, 0.1) is 0 Å². The number of halogens is 1. The molecular weight excluding hydrogens is 244 g/mol.